The highest BCUT2D eigenvalue weighted by molar-refractivity contribution is 7.98. The summed E-state index contributed by atoms with van der Waals surface area (Å²) < 4.78 is 32.4. The Morgan fingerprint density at radius 2 is 1.88 bits per heavy atom. The van der Waals surface area contributed by atoms with Crippen LogP contribution in [0.1, 0.15) is 17.5 Å². The minimum Gasteiger partial charge on any atom is -0.488 e. The molecule has 5 heteroatoms. The molecule has 2 aromatic carbocycles. The molecule has 1 unspecified atom stereocenters. The van der Waals surface area contributed by atoms with E-state index in [9.17, 15) is 8.42 Å². The van der Waals surface area contributed by atoms with Crippen molar-refractivity contribution in [3.63, 3.8) is 0 Å². The van der Waals surface area contributed by atoms with Crippen LogP contribution in [0.3, 0.4) is 0 Å². The van der Waals surface area contributed by atoms with Crippen LogP contribution in [-0.2, 0) is 14.6 Å². The van der Waals surface area contributed by atoms with Crippen LogP contribution in [0.15, 0.2) is 64.4 Å². The fourth-order valence-electron chi connectivity index (χ4n) is 2.83. The quantitative estimate of drug-likeness (QED) is 0.798. The number of sulfone groups is 1. The lowest BCUT2D eigenvalue weighted by molar-refractivity contribution is 0.215. The van der Waals surface area contributed by atoms with Gasteiger partial charge >= 0.3 is 0 Å². The maximum Gasteiger partial charge on any atom is 0.206 e. The number of benzene rings is 2. The number of ether oxygens (including phenoxy) is 1. The number of hydrogen-bond acceptors (Lipinski definition) is 4. The van der Waals surface area contributed by atoms with Gasteiger partial charge in [0.05, 0.1) is 9.80 Å². The Morgan fingerprint density at radius 1 is 1.12 bits per heavy atom. The number of thioether (sulfide) groups is 1. The van der Waals surface area contributed by atoms with Crippen LogP contribution in [0.25, 0.3) is 5.76 Å². The zero-order valence-electron chi connectivity index (χ0n) is 13.7. The summed E-state index contributed by atoms with van der Waals surface area (Å²) in [5, 5.41) is 0. The van der Waals surface area contributed by atoms with Gasteiger partial charge < -0.3 is 4.74 Å². The normalized spacial score (nSPS) is 17.8. The molecule has 0 aliphatic carbocycles. The third kappa shape index (κ3) is 3.37. The molecule has 1 heterocycles. The summed E-state index contributed by atoms with van der Waals surface area (Å²) in [6, 6.07) is 16.5. The van der Waals surface area contributed by atoms with Gasteiger partial charge in [0, 0.05) is 17.7 Å². The first-order valence-corrected chi connectivity index (χ1v) is 10.7. The third-order valence-corrected chi connectivity index (χ3v) is 6.54. The summed E-state index contributed by atoms with van der Waals surface area (Å²) in [5.74, 6) is 1.26. The molecule has 0 fully saturated rings. The fraction of sp³-hybridized carbons (Fsp3) is 0.263. The van der Waals surface area contributed by atoms with E-state index in [1.54, 1.807) is 30.0 Å². The predicted octanol–water partition coefficient (Wildman–Crippen LogP) is 4.29. The van der Waals surface area contributed by atoms with Gasteiger partial charge in [-0.3, -0.25) is 0 Å². The monoisotopic (exact) mass is 360 g/mol. The number of rotatable bonds is 5. The van der Waals surface area contributed by atoms with Crippen LogP contribution in [0.2, 0.25) is 0 Å². The van der Waals surface area contributed by atoms with E-state index >= 15 is 0 Å². The van der Waals surface area contributed by atoms with Gasteiger partial charge in [-0.05, 0) is 30.9 Å². The fourth-order valence-corrected chi connectivity index (χ4v) is 5.08. The van der Waals surface area contributed by atoms with Gasteiger partial charge in [0.25, 0.3) is 0 Å². The van der Waals surface area contributed by atoms with Crippen LogP contribution in [-0.4, -0.2) is 26.5 Å². The standard InChI is InChI=1S/C19H20O3S2/c1-14-7-6-10-17(11-14)24(20,21)18-12-16(13-23-2)22-19(18)15-8-4-3-5-9-15/h3-11,16H,12-13H2,1-2H3. The van der Waals surface area contributed by atoms with E-state index in [1.165, 1.54) is 0 Å². The van der Waals surface area contributed by atoms with Crippen LogP contribution in [0, 0.1) is 6.92 Å². The Morgan fingerprint density at radius 3 is 2.54 bits per heavy atom. The molecule has 126 valence electrons. The van der Waals surface area contributed by atoms with Crippen LogP contribution < -0.4 is 0 Å². The molecule has 24 heavy (non-hydrogen) atoms. The maximum atomic E-state index is 13.2. The number of hydrogen-bond donors (Lipinski definition) is 0. The largest absolute Gasteiger partial charge is 0.488 e. The first kappa shape index (κ1) is 17.1. The summed E-state index contributed by atoms with van der Waals surface area (Å²) in [5.41, 5.74) is 1.74. The lowest BCUT2D eigenvalue weighted by Gasteiger charge is -2.11. The summed E-state index contributed by atoms with van der Waals surface area (Å²) in [4.78, 5) is 0.720. The smallest absolute Gasteiger partial charge is 0.206 e. The van der Waals surface area contributed by atoms with Gasteiger partial charge in [0.15, 0.2) is 0 Å². The van der Waals surface area contributed by atoms with E-state index in [-0.39, 0.29) is 6.10 Å². The molecule has 1 aliphatic rings. The first-order valence-electron chi connectivity index (χ1n) is 7.78. The van der Waals surface area contributed by atoms with E-state index in [2.05, 4.69) is 0 Å². The lowest BCUT2D eigenvalue weighted by atomic mass is 10.2. The van der Waals surface area contributed by atoms with Crippen molar-refractivity contribution in [2.45, 2.75) is 24.3 Å². The average molecular weight is 361 g/mol. The molecule has 0 N–H and O–H groups in total. The average Bonchev–Trinajstić information content (AvgIpc) is 3.01. The Bertz CT molecular complexity index is 855. The van der Waals surface area contributed by atoms with Gasteiger partial charge in [-0.2, -0.15) is 11.8 Å². The molecule has 0 bridgehead atoms. The minimum atomic E-state index is -3.56. The van der Waals surface area contributed by atoms with Gasteiger partial charge in [-0.1, -0.05) is 42.5 Å². The van der Waals surface area contributed by atoms with Crippen molar-refractivity contribution in [1.29, 1.82) is 0 Å². The van der Waals surface area contributed by atoms with Crippen molar-refractivity contribution in [3.05, 3.63) is 70.6 Å². The van der Waals surface area contributed by atoms with E-state index in [0.717, 1.165) is 16.9 Å². The zero-order chi connectivity index (χ0) is 17.2. The Hall–Kier alpha value is -1.72. The highest BCUT2D eigenvalue weighted by atomic mass is 32.2. The Balaban J connectivity index is 2.09. The van der Waals surface area contributed by atoms with Crippen molar-refractivity contribution in [3.8, 4) is 0 Å². The zero-order valence-corrected chi connectivity index (χ0v) is 15.4. The Labute approximate surface area is 147 Å². The molecule has 2 aromatic rings. The molecular weight excluding hydrogens is 340 g/mol. The topological polar surface area (TPSA) is 43.4 Å². The molecule has 0 saturated carbocycles. The summed E-state index contributed by atoms with van der Waals surface area (Å²) >= 11 is 1.66. The molecule has 1 atom stereocenters. The minimum absolute atomic E-state index is 0.107. The highest BCUT2D eigenvalue weighted by Crippen LogP contribution is 2.39. The molecule has 1 aliphatic heterocycles. The van der Waals surface area contributed by atoms with E-state index < -0.39 is 9.84 Å². The maximum absolute atomic E-state index is 13.2. The second-order valence-corrected chi connectivity index (χ2v) is 8.72. The van der Waals surface area contributed by atoms with Gasteiger partial charge in [-0.25, -0.2) is 8.42 Å². The molecule has 0 amide bonds. The summed E-state index contributed by atoms with van der Waals surface area (Å²) in [7, 11) is -3.56. The molecule has 0 saturated heterocycles. The molecule has 3 rings (SSSR count). The highest BCUT2D eigenvalue weighted by Gasteiger charge is 2.35. The third-order valence-electron chi connectivity index (χ3n) is 3.96. The molecule has 3 nitrogen and oxygen atoms in total. The lowest BCUT2D eigenvalue weighted by Crippen LogP contribution is -2.11. The van der Waals surface area contributed by atoms with Crippen molar-refractivity contribution >= 4 is 27.4 Å². The van der Waals surface area contributed by atoms with Crippen molar-refractivity contribution in [2.75, 3.05) is 12.0 Å². The molecular formula is C19H20O3S2. The van der Waals surface area contributed by atoms with Crippen molar-refractivity contribution in [2.24, 2.45) is 0 Å². The summed E-state index contributed by atoms with van der Waals surface area (Å²) in [6.45, 7) is 1.90. The van der Waals surface area contributed by atoms with Crippen LogP contribution >= 0.6 is 11.8 Å². The van der Waals surface area contributed by atoms with Gasteiger partial charge in [0.1, 0.15) is 11.9 Å². The number of aryl methyl sites for hydroxylation is 1. The summed E-state index contributed by atoms with van der Waals surface area (Å²) in [6.07, 6.45) is 2.31. The SMILES string of the molecule is CSCC1CC(S(=O)(=O)c2cccc(C)c2)=C(c2ccccc2)O1. The second-order valence-electron chi connectivity index (χ2n) is 5.84. The van der Waals surface area contributed by atoms with Crippen molar-refractivity contribution in [1.82, 2.24) is 0 Å². The van der Waals surface area contributed by atoms with E-state index in [0.29, 0.717) is 22.0 Å². The van der Waals surface area contributed by atoms with Crippen LogP contribution in [0.5, 0.6) is 0 Å². The molecule has 0 aromatic heterocycles. The molecule has 0 spiro atoms. The van der Waals surface area contributed by atoms with Crippen molar-refractivity contribution < 1.29 is 13.2 Å². The molecule has 0 radical (unpaired) electrons. The van der Waals surface area contributed by atoms with E-state index in [4.69, 9.17) is 4.74 Å². The van der Waals surface area contributed by atoms with E-state index in [1.807, 2.05) is 49.6 Å². The van der Waals surface area contributed by atoms with Crippen LogP contribution in [0.4, 0.5) is 0 Å². The second kappa shape index (κ2) is 7.03. The first-order chi connectivity index (χ1) is 11.5. The Kier molecular flexibility index (Phi) is 5.01. The predicted molar refractivity (Wildman–Crippen MR) is 99.6 cm³/mol. The van der Waals surface area contributed by atoms with Gasteiger partial charge in [-0.15, -0.1) is 0 Å². The van der Waals surface area contributed by atoms with Gasteiger partial charge in [0.2, 0.25) is 9.84 Å².